The van der Waals surface area contributed by atoms with Gasteiger partial charge < -0.3 is 11.1 Å². The molecule has 0 saturated carbocycles. The molecule has 2 aromatic rings. The van der Waals surface area contributed by atoms with E-state index in [1.165, 1.54) is 18.2 Å². The maximum absolute atomic E-state index is 13.5. The van der Waals surface area contributed by atoms with Crippen LogP contribution in [-0.4, -0.2) is 12.5 Å². The molecule has 2 aromatic carbocycles. The predicted molar refractivity (Wildman–Crippen MR) is 81.7 cm³/mol. The van der Waals surface area contributed by atoms with Crippen molar-refractivity contribution in [1.82, 2.24) is 0 Å². The highest BCUT2D eigenvalue weighted by Gasteiger charge is 2.10. The van der Waals surface area contributed by atoms with Crippen LogP contribution < -0.4 is 11.1 Å². The molecule has 0 fully saturated rings. The number of carbonyl (C=O) groups excluding carboxylic acids is 1. The van der Waals surface area contributed by atoms with E-state index in [0.717, 1.165) is 0 Å². The van der Waals surface area contributed by atoms with E-state index >= 15 is 0 Å². The third-order valence-electron chi connectivity index (χ3n) is 2.68. The van der Waals surface area contributed by atoms with Gasteiger partial charge in [0.15, 0.2) is 0 Å². The summed E-state index contributed by atoms with van der Waals surface area (Å²) in [6.07, 6.45) is 0. The number of nitrogens with one attached hydrogen (secondary N) is 1. The van der Waals surface area contributed by atoms with E-state index in [0.29, 0.717) is 16.1 Å². The molecule has 0 atom stereocenters. The van der Waals surface area contributed by atoms with E-state index in [1.54, 1.807) is 24.3 Å². The zero-order chi connectivity index (χ0) is 15.2. The number of benzene rings is 2. The van der Waals surface area contributed by atoms with Crippen LogP contribution in [0.4, 0.5) is 10.1 Å². The minimum Gasteiger partial charge on any atom is -0.320 e. The van der Waals surface area contributed by atoms with Crippen LogP contribution in [0, 0.1) is 17.7 Å². The van der Waals surface area contributed by atoms with Crippen molar-refractivity contribution in [1.29, 1.82) is 0 Å². The highest BCUT2D eigenvalue weighted by molar-refractivity contribution is 6.32. The molecule has 0 heterocycles. The lowest BCUT2D eigenvalue weighted by Gasteiger charge is -2.07. The molecule has 5 heteroatoms. The Morgan fingerprint density at radius 2 is 2.05 bits per heavy atom. The number of carbonyl (C=O) groups is 1. The summed E-state index contributed by atoms with van der Waals surface area (Å²) in [5, 5.41) is 2.83. The lowest BCUT2D eigenvalue weighted by Crippen LogP contribution is -2.13. The summed E-state index contributed by atoms with van der Waals surface area (Å²) in [7, 11) is 0. The normalized spacial score (nSPS) is 9.67. The number of para-hydroxylation sites is 1. The fraction of sp³-hybridized carbons (Fsp3) is 0.0625. The molecule has 0 aromatic heterocycles. The Balaban J connectivity index is 2.21. The van der Waals surface area contributed by atoms with Crippen molar-refractivity contribution in [3.63, 3.8) is 0 Å². The van der Waals surface area contributed by atoms with Crippen LogP contribution in [0.15, 0.2) is 42.5 Å². The number of hydrogen-bond donors (Lipinski definition) is 2. The first-order chi connectivity index (χ1) is 10.1. The van der Waals surface area contributed by atoms with Crippen molar-refractivity contribution >= 4 is 23.2 Å². The van der Waals surface area contributed by atoms with Crippen LogP contribution in [-0.2, 0) is 0 Å². The molecular formula is C16H12ClFN2O. The monoisotopic (exact) mass is 302 g/mol. The molecule has 3 N–H and O–H groups in total. The SMILES string of the molecule is NCC#Cc1ccc(C(=O)Nc2ccccc2F)cc1Cl. The van der Waals surface area contributed by atoms with Crippen LogP contribution in [0.5, 0.6) is 0 Å². The largest absolute Gasteiger partial charge is 0.320 e. The molecule has 21 heavy (non-hydrogen) atoms. The Hall–Kier alpha value is -2.35. The van der Waals surface area contributed by atoms with Gasteiger partial charge in [0.1, 0.15) is 5.82 Å². The van der Waals surface area contributed by atoms with Crippen LogP contribution in [0.3, 0.4) is 0 Å². The molecule has 0 bridgehead atoms. The molecule has 0 aliphatic carbocycles. The van der Waals surface area contributed by atoms with E-state index in [-0.39, 0.29) is 12.2 Å². The molecule has 3 nitrogen and oxygen atoms in total. The van der Waals surface area contributed by atoms with E-state index in [9.17, 15) is 9.18 Å². The number of anilines is 1. The van der Waals surface area contributed by atoms with Crippen molar-refractivity contribution in [2.45, 2.75) is 0 Å². The first kappa shape index (κ1) is 15.0. The maximum Gasteiger partial charge on any atom is 0.255 e. The highest BCUT2D eigenvalue weighted by atomic mass is 35.5. The van der Waals surface area contributed by atoms with Gasteiger partial charge in [0, 0.05) is 11.1 Å². The van der Waals surface area contributed by atoms with Gasteiger partial charge in [-0.05, 0) is 30.3 Å². The zero-order valence-electron chi connectivity index (χ0n) is 11.0. The van der Waals surface area contributed by atoms with E-state index < -0.39 is 11.7 Å². The van der Waals surface area contributed by atoms with E-state index in [2.05, 4.69) is 17.2 Å². The van der Waals surface area contributed by atoms with Crippen molar-refractivity contribution in [2.75, 3.05) is 11.9 Å². The molecule has 1 amide bonds. The predicted octanol–water partition coefficient (Wildman–Crippen LogP) is 3.04. The molecular weight excluding hydrogens is 291 g/mol. The number of rotatable bonds is 2. The van der Waals surface area contributed by atoms with Gasteiger partial charge in [-0.15, -0.1) is 0 Å². The number of amides is 1. The minimum atomic E-state index is -0.498. The molecule has 0 aliphatic rings. The van der Waals surface area contributed by atoms with Crippen molar-refractivity contribution in [2.24, 2.45) is 5.73 Å². The molecule has 2 rings (SSSR count). The molecule has 0 aliphatic heterocycles. The quantitative estimate of drug-likeness (QED) is 0.838. The Bertz CT molecular complexity index is 735. The molecule has 106 valence electrons. The van der Waals surface area contributed by atoms with Gasteiger partial charge in [0.05, 0.1) is 17.3 Å². The third-order valence-corrected chi connectivity index (χ3v) is 2.99. The Labute approximate surface area is 126 Å². The Morgan fingerprint density at radius 3 is 2.71 bits per heavy atom. The summed E-state index contributed by atoms with van der Waals surface area (Å²) in [6, 6.07) is 10.6. The zero-order valence-corrected chi connectivity index (χ0v) is 11.7. The van der Waals surface area contributed by atoms with E-state index in [4.69, 9.17) is 17.3 Å². The standard InChI is InChI=1S/C16H12ClFN2O/c17-13-10-12(8-7-11(13)4-3-9-19)16(21)20-15-6-2-1-5-14(15)18/h1-2,5-8,10H,9,19H2,(H,20,21). The smallest absolute Gasteiger partial charge is 0.255 e. The fourth-order valence-corrected chi connectivity index (χ4v) is 1.89. The summed E-state index contributed by atoms with van der Waals surface area (Å²) < 4.78 is 13.5. The van der Waals surface area contributed by atoms with Gasteiger partial charge in [-0.1, -0.05) is 35.6 Å². The van der Waals surface area contributed by atoms with Gasteiger partial charge >= 0.3 is 0 Å². The first-order valence-corrected chi connectivity index (χ1v) is 6.54. The number of halogens is 2. The highest BCUT2D eigenvalue weighted by Crippen LogP contribution is 2.19. The van der Waals surface area contributed by atoms with Crippen LogP contribution in [0.2, 0.25) is 5.02 Å². The summed E-state index contributed by atoms with van der Waals surface area (Å²) in [6.45, 7) is 0.228. The summed E-state index contributed by atoms with van der Waals surface area (Å²) in [5.74, 6) is 4.54. The summed E-state index contributed by atoms with van der Waals surface area (Å²) >= 11 is 6.05. The van der Waals surface area contributed by atoms with Gasteiger partial charge in [-0.25, -0.2) is 4.39 Å². The number of nitrogens with two attached hydrogens (primary N) is 1. The second-order valence-electron chi connectivity index (χ2n) is 4.13. The average molecular weight is 303 g/mol. The first-order valence-electron chi connectivity index (χ1n) is 6.16. The van der Waals surface area contributed by atoms with Crippen molar-refractivity contribution in [3.05, 3.63) is 64.4 Å². The molecule has 0 spiro atoms. The molecule has 0 saturated heterocycles. The van der Waals surface area contributed by atoms with Gasteiger partial charge in [0.25, 0.3) is 5.91 Å². The lowest BCUT2D eigenvalue weighted by molar-refractivity contribution is 0.102. The average Bonchev–Trinajstić information content (AvgIpc) is 2.48. The van der Waals surface area contributed by atoms with Gasteiger partial charge in [-0.3, -0.25) is 4.79 Å². The summed E-state index contributed by atoms with van der Waals surface area (Å²) in [5.41, 5.74) is 6.31. The second-order valence-corrected chi connectivity index (χ2v) is 4.54. The van der Waals surface area contributed by atoms with Crippen molar-refractivity contribution < 1.29 is 9.18 Å². The minimum absolute atomic E-state index is 0.116. The topological polar surface area (TPSA) is 55.1 Å². The second kappa shape index (κ2) is 6.89. The molecule has 0 radical (unpaired) electrons. The van der Waals surface area contributed by atoms with Crippen LogP contribution in [0.25, 0.3) is 0 Å². The van der Waals surface area contributed by atoms with Gasteiger partial charge in [-0.2, -0.15) is 0 Å². The molecule has 0 unspecified atom stereocenters. The Morgan fingerprint density at radius 1 is 1.29 bits per heavy atom. The van der Waals surface area contributed by atoms with Crippen LogP contribution >= 0.6 is 11.6 Å². The Kier molecular flexibility index (Phi) is 4.94. The third kappa shape index (κ3) is 3.82. The van der Waals surface area contributed by atoms with E-state index in [1.807, 2.05) is 0 Å². The summed E-state index contributed by atoms with van der Waals surface area (Å²) in [4.78, 5) is 12.1. The fourth-order valence-electron chi connectivity index (χ4n) is 1.66. The van der Waals surface area contributed by atoms with Gasteiger partial charge in [0.2, 0.25) is 0 Å². The maximum atomic E-state index is 13.5. The van der Waals surface area contributed by atoms with Crippen molar-refractivity contribution in [3.8, 4) is 11.8 Å². The lowest BCUT2D eigenvalue weighted by atomic mass is 10.1. The number of hydrogen-bond acceptors (Lipinski definition) is 2. The van der Waals surface area contributed by atoms with Crippen LogP contribution in [0.1, 0.15) is 15.9 Å².